The zero-order valence-electron chi connectivity index (χ0n) is 15.5. The molecule has 0 aliphatic carbocycles. The van der Waals surface area contributed by atoms with Gasteiger partial charge in [0.2, 0.25) is 0 Å². The molecule has 0 N–H and O–H groups in total. The zero-order chi connectivity index (χ0) is 19.1. The Hall–Kier alpha value is -3.74. The van der Waals surface area contributed by atoms with Crippen LogP contribution in [0.4, 0.5) is 0 Å². The van der Waals surface area contributed by atoms with Crippen molar-refractivity contribution in [1.29, 1.82) is 0 Å². The van der Waals surface area contributed by atoms with Crippen molar-refractivity contribution >= 4 is 11.0 Å². The Kier molecular flexibility index (Phi) is 3.79. The number of hydrogen-bond acceptors (Lipinski definition) is 5. The average Bonchev–Trinajstić information content (AvgIpc) is 3.47. The predicted octanol–water partition coefficient (Wildman–Crippen LogP) is 4.10. The molecule has 28 heavy (non-hydrogen) atoms. The van der Waals surface area contributed by atoms with E-state index in [0.717, 1.165) is 28.4 Å². The van der Waals surface area contributed by atoms with E-state index < -0.39 is 0 Å². The summed E-state index contributed by atoms with van der Waals surface area (Å²) in [4.78, 5) is 17.6. The first-order valence-electron chi connectivity index (χ1n) is 9.03. The van der Waals surface area contributed by atoms with Crippen molar-refractivity contribution in [3.05, 3.63) is 73.1 Å². The highest BCUT2D eigenvalue weighted by Crippen LogP contribution is 2.31. The van der Waals surface area contributed by atoms with E-state index in [0.29, 0.717) is 11.5 Å². The summed E-state index contributed by atoms with van der Waals surface area (Å²) < 4.78 is 10.2. The number of benzene rings is 1. The van der Waals surface area contributed by atoms with Crippen LogP contribution < -0.4 is 0 Å². The fraction of sp³-hybridized carbons (Fsp3) is 0.143. The van der Waals surface area contributed by atoms with Crippen molar-refractivity contribution in [2.45, 2.75) is 13.0 Å². The van der Waals surface area contributed by atoms with Crippen molar-refractivity contribution in [2.75, 3.05) is 0 Å². The molecule has 0 radical (unpaired) electrons. The Bertz CT molecular complexity index is 1250. The molecule has 1 aromatic carbocycles. The molecule has 4 aromatic heterocycles. The number of fused-ring (bicyclic) bond motifs is 1. The fourth-order valence-corrected chi connectivity index (χ4v) is 3.45. The van der Waals surface area contributed by atoms with Gasteiger partial charge in [0.05, 0.1) is 22.8 Å². The summed E-state index contributed by atoms with van der Waals surface area (Å²) in [5.41, 5.74) is 2.92. The molecular weight excluding hydrogens is 352 g/mol. The maximum atomic E-state index is 6.15. The quantitative estimate of drug-likeness (QED) is 0.476. The molecule has 0 spiro atoms. The van der Waals surface area contributed by atoms with E-state index in [1.165, 1.54) is 0 Å². The molecule has 0 amide bonds. The van der Waals surface area contributed by atoms with Crippen molar-refractivity contribution in [3.63, 3.8) is 0 Å². The van der Waals surface area contributed by atoms with Gasteiger partial charge >= 0.3 is 0 Å². The first-order chi connectivity index (χ1) is 13.7. The highest BCUT2D eigenvalue weighted by molar-refractivity contribution is 5.79. The van der Waals surface area contributed by atoms with Crippen LogP contribution in [-0.4, -0.2) is 29.1 Å². The molecular formula is C21H18N6O. The van der Waals surface area contributed by atoms with Gasteiger partial charge < -0.3 is 13.6 Å². The number of furan rings is 1. The van der Waals surface area contributed by atoms with Crippen LogP contribution in [0.25, 0.3) is 34.2 Å². The Labute approximate surface area is 161 Å². The second-order valence-corrected chi connectivity index (χ2v) is 6.62. The number of imidazole rings is 2. The molecule has 0 saturated carbocycles. The van der Waals surface area contributed by atoms with Crippen molar-refractivity contribution in [1.82, 2.24) is 29.1 Å². The second kappa shape index (κ2) is 6.45. The number of hydrogen-bond donors (Lipinski definition) is 0. The fourth-order valence-electron chi connectivity index (χ4n) is 3.45. The smallest absolute Gasteiger partial charge is 0.177 e. The van der Waals surface area contributed by atoms with Gasteiger partial charge in [0, 0.05) is 25.6 Å². The van der Waals surface area contributed by atoms with Crippen LogP contribution in [0.1, 0.15) is 18.7 Å². The molecule has 0 fully saturated rings. The lowest BCUT2D eigenvalue weighted by atomic mass is 10.2. The monoisotopic (exact) mass is 370 g/mol. The summed E-state index contributed by atoms with van der Waals surface area (Å²) in [6, 6.07) is 13.8. The summed E-state index contributed by atoms with van der Waals surface area (Å²) in [6.07, 6.45) is 7.00. The Balaban J connectivity index is 1.54. The van der Waals surface area contributed by atoms with Crippen molar-refractivity contribution in [2.24, 2.45) is 7.05 Å². The van der Waals surface area contributed by atoms with Gasteiger partial charge in [0.25, 0.3) is 0 Å². The van der Waals surface area contributed by atoms with E-state index in [4.69, 9.17) is 9.40 Å². The summed E-state index contributed by atoms with van der Waals surface area (Å²) >= 11 is 0. The first-order valence-corrected chi connectivity index (χ1v) is 9.03. The highest BCUT2D eigenvalue weighted by atomic mass is 16.3. The SMILES string of the molecule is C[C@H](c1ccncn1)n1ccnc1-c1ccc(-c2nc3ccccc3n2C)o1. The molecule has 5 rings (SSSR count). The van der Waals surface area contributed by atoms with Gasteiger partial charge in [-0.15, -0.1) is 0 Å². The molecule has 0 aliphatic heterocycles. The van der Waals surface area contributed by atoms with Crippen LogP contribution in [0, 0.1) is 0 Å². The number of rotatable bonds is 4. The van der Waals surface area contributed by atoms with Crippen LogP contribution in [-0.2, 0) is 7.05 Å². The van der Waals surface area contributed by atoms with E-state index >= 15 is 0 Å². The Morgan fingerprint density at radius 3 is 2.54 bits per heavy atom. The van der Waals surface area contributed by atoms with Gasteiger partial charge in [-0.3, -0.25) is 0 Å². The molecule has 7 heteroatoms. The zero-order valence-corrected chi connectivity index (χ0v) is 15.5. The molecule has 1 atom stereocenters. The number of aryl methyl sites for hydroxylation is 1. The molecule has 4 heterocycles. The van der Waals surface area contributed by atoms with E-state index in [-0.39, 0.29) is 6.04 Å². The number of nitrogens with zero attached hydrogens (tertiary/aromatic N) is 6. The lowest BCUT2D eigenvalue weighted by Gasteiger charge is -2.14. The average molecular weight is 370 g/mol. The third-order valence-electron chi connectivity index (χ3n) is 4.95. The molecule has 0 unspecified atom stereocenters. The molecule has 0 saturated heterocycles. The largest absolute Gasteiger partial charge is 0.450 e. The van der Waals surface area contributed by atoms with Crippen molar-refractivity contribution < 1.29 is 4.42 Å². The first kappa shape index (κ1) is 16.4. The standard InChI is InChI=1S/C21H18N6O/c1-14(15-9-10-22-13-24-15)27-12-11-23-20(27)18-7-8-19(28-18)21-25-16-5-3-4-6-17(16)26(21)2/h3-14H,1-2H3/t14-/m1/s1. The molecule has 138 valence electrons. The van der Waals surface area contributed by atoms with Crippen LogP contribution >= 0.6 is 0 Å². The number of aromatic nitrogens is 6. The van der Waals surface area contributed by atoms with Gasteiger partial charge in [-0.05, 0) is 37.3 Å². The van der Waals surface area contributed by atoms with E-state index in [1.54, 1.807) is 18.7 Å². The third kappa shape index (κ3) is 2.60. The Morgan fingerprint density at radius 1 is 0.929 bits per heavy atom. The lowest BCUT2D eigenvalue weighted by Crippen LogP contribution is -2.09. The normalized spacial score (nSPS) is 12.5. The van der Waals surface area contributed by atoms with Gasteiger partial charge in [-0.25, -0.2) is 19.9 Å². The molecule has 0 bridgehead atoms. The minimum Gasteiger partial charge on any atom is -0.450 e. The molecule has 7 nitrogen and oxygen atoms in total. The predicted molar refractivity (Wildman–Crippen MR) is 105 cm³/mol. The highest BCUT2D eigenvalue weighted by Gasteiger charge is 2.19. The topological polar surface area (TPSA) is 74.6 Å². The van der Waals surface area contributed by atoms with Crippen LogP contribution in [0.2, 0.25) is 0 Å². The van der Waals surface area contributed by atoms with Gasteiger partial charge in [0.15, 0.2) is 23.2 Å². The Morgan fingerprint density at radius 2 is 1.75 bits per heavy atom. The maximum absolute atomic E-state index is 6.15. The van der Waals surface area contributed by atoms with E-state index in [1.807, 2.05) is 64.8 Å². The van der Waals surface area contributed by atoms with Crippen molar-refractivity contribution in [3.8, 4) is 23.2 Å². The van der Waals surface area contributed by atoms with Gasteiger partial charge in [-0.1, -0.05) is 12.1 Å². The van der Waals surface area contributed by atoms with E-state index in [9.17, 15) is 0 Å². The minimum absolute atomic E-state index is 0.00444. The lowest BCUT2D eigenvalue weighted by molar-refractivity contribution is 0.562. The summed E-state index contributed by atoms with van der Waals surface area (Å²) in [5.74, 6) is 2.93. The van der Waals surface area contributed by atoms with Crippen LogP contribution in [0.15, 0.2) is 71.8 Å². The third-order valence-corrected chi connectivity index (χ3v) is 4.95. The van der Waals surface area contributed by atoms with Crippen LogP contribution in [0.5, 0.6) is 0 Å². The summed E-state index contributed by atoms with van der Waals surface area (Å²) in [6.45, 7) is 2.07. The maximum Gasteiger partial charge on any atom is 0.177 e. The minimum atomic E-state index is 0.00444. The number of para-hydroxylation sites is 2. The van der Waals surface area contributed by atoms with Gasteiger partial charge in [0.1, 0.15) is 6.33 Å². The second-order valence-electron chi connectivity index (χ2n) is 6.62. The van der Waals surface area contributed by atoms with Crippen LogP contribution in [0.3, 0.4) is 0 Å². The summed E-state index contributed by atoms with van der Waals surface area (Å²) in [7, 11) is 1.99. The molecule has 5 aromatic rings. The van der Waals surface area contributed by atoms with E-state index in [2.05, 4.69) is 21.9 Å². The summed E-state index contributed by atoms with van der Waals surface area (Å²) in [5, 5.41) is 0. The molecule has 0 aliphatic rings. The van der Waals surface area contributed by atoms with Gasteiger partial charge in [-0.2, -0.15) is 0 Å².